The Hall–Kier alpha value is -0.810. The number of hydrogen-bond donors (Lipinski definition) is 2. The molecule has 2 N–H and O–H groups in total. The van der Waals surface area contributed by atoms with E-state index in [1.807, 2.05) is 0 Å². The van der Waals surface area contributed by atoms with Crippen molar-refractivity contribution in [2.45, 2.75) is 18.9 Å². The van der Waals surface area contributed by atoms with Crippen molar-refractivity contribution in [2.75, 3.05) is 26.3 Å². The minimum atomic E-state index is -0.451. The van der Waals surface area contributed by atoms with Crippen molar-refractivity contribution in [1.29, 1.82) is 0 Å². The molecule has 5 nitrogen and oxygen atoms in total. The first kappa shape index (κ1) is 10.3. The SMILES string of the molecule is O=C(OCCO)N1CCCC(O)C1. The first-order valence-corrected chi connectivity index (χ1v) is 4.44. The predicted octanol–water partition coefficient (Wildman–Crippen LogP) is -0.428. The maximum atomic E-state index is 11.2. The van der Waals surface area contributed by atoms with Gasteiger partial charge in [-0.2, -0.15) is 0 Å². The lowest BCUT2D eigenvalue weighted by molar-refractivity contribution is 0.0424. The number of hydrogen-bond acceptors (Lipinski definition) is 4. The van der Waals surface area contributed by atoms with Crippen LogP contribution in [-0.2, 0) is 4.74 Å². The molecular formula is C8H15NO4. The lowest BCUT2D eigenvalue weighted by Crippen LogP contribution is -2.42. The maximum Gasteiger partial charge on any atom is 0.409 e. The van der Waals surface area contributed by atoms with Gasteiger partial charge in [0.15, 0.2) is 0 Å². The fourth-order valence-corrected chi connectivity index (χ4v) is 1.34. The van der Waals surface area contributed by atoms with E-state index in [1.165, 1.54) is 4.90 Å². The molecule has 5 heteroatoms. The van der Waals surface area contributed by atoms with E-state index in [2.05, 4.69) is 0 Å². The molecule has 0 saturated carbocycles. The smallest absolute Gasteiger partial charge is 0.409 e. The first-order valence-electron chi connectivity index (χ1n) is 4.44. The zero-order valence-electron chi connectivity index (χ0n) is 7.48. The van der Waals surface area contributed by atoms with Crippen LogP contribution in [0, 0.1) is 0 Å². The molecular weight excluding hydrogens is 174 g/mol. The van der Waals surface area contributed by atoms with Crippen molar-refractivity contribution in [3.63, 3.8) is 0 Å². The van der Waals surface area contributed by atoms with Crippen LogP contribution >= 0.6 is 0 Å². The number of β-amino-alcohol motifs (C(OH)–C–C–N with tert-alkyl or cyclic N) is 1. The molecule has 13 heavy (non-hydrogen) atoms. The van der Waals surface area contributed by atoms with Crippen molar-refractivity contribution in [3.8, 4) is 0 Å². The fourth-order valence-electron chi connectivity index (χ4n) is 1.34. The highest BCUT2D eigenvalue weighted by molar-refractivity contribution is 5.67. The Labute approximate surface area is 76.9 Å². The number of piperidine rings is 1. The molecule has 1 atom stereocenters. The van der Waals surface area contributed by atoms with Gasteiger partial charge in [0.2, 0.25) is 0 Å². The maximum absolute atomic E-state index is 11.2. The molecule has 76 valence electrons. The normalized spacial score (nSPS) is 22.9. The Morgan fingerprint density at radius 2 is 2.38 bits per heavy atom. The van der Waals surface area contributed by atoms with Crippen LogP contribution in [0.15, 0.2) is 0 Å². The van der Waals surface area contributed by atoms with Crippen LogP contribution in [0.2, 0.25) is 0 Å². The Morgan fingerprint density at radius 1 is 1.62 bits per heavy atom. The van der Waals surface area contributed by atoms with Gasteiger partial charge in [-0.25, -0.2) is 4.79 Å². The monoisotopic (exact) mass is 189 g/mol. The van der Waals surface area contributed by atoms with Gasteiger partial charge in [0.25, 0.3) is 0 Å². The van der Waals surface area contributed by atoms with Gasteiger partial charge in [0.05, 0.1) is 12.7 Å². The highest BCUT2D eigenvalue weighted by atomic mass is 16.6. The van der Waals surface area contributed by atoms with E-state index < -0.39 is 12.2 Å². The fraction of sp³-hybridized carbons (Fsp3) is 0.875. The van der Waals surface area contributed by atoms with E-state index in [1.54, 1.807) is 0 Å². The molecule has 1 amide bonds. The molecule has 1 fully saturated rings. The lowest BCUT2D eigenvalue weighted by Gasteiger charge is -2.29. The highest BCUT2D eigenvalue weighted by Gasteiger charge is 2.22. The summed E-state index contributed by atoms with van der Waals surface area (Å²) in [4.78, 5) is 12.6. The molecule has 1 heterocycles. The Morgan fingerprint density at radius 3 is 3.00 bits per heavy atom. The minimum Gasteiger partial charge on any atom is -0.447 e. The summed E-state index contributed by atoms with van der Waals surface area (Å²) >= 11 is 0. The van der Waals surface area contributed by atoms with Gasteiger partial charge >= 0.3 is 6.09 Å². The molecule has 0 aromatic carbocycles. The third kappa shape index (κ3) is 3.20. The molecule has 0 radical (unpaired) electrons. The molecule has 0 bridgehead atoms. The number of likely N-dealkylation sites (tertiary alicyclic amines) is 1. The van der Waals surface area contributed by atoms with Crippen molar-refractivity contribution in [3.05, 3.63) is 0 Å². The van der Waals surface area contributed by atoms with Gasteiger partial charge < -0.3 is 19.8 Å². The molecule has 0 spiro atoms. The second-order valence-electron chi connectivity index (χ2n) is 3.08. The second kappa shape index (κ2) is 5.04. The minimum absolute atomic E-state index is 0.0193. The highest BCUT2D eigenvalue weighted by Crippen LogP contribution is 2.10. The molecule has 1 unspecified atom stereocenters. The average molecular weight is 189 g/mol. The van der Waals surface area contributed by atoms with E-state index in [-0.39, 0.29) is 13.2 Å². The van der Waals surface area contributed by atoms with Gasteiger partial charge in [0.1, 0.15) is 6.61 Å². The summed E-state index contributed by atoms with van der Waals surface area (Å²) in [7, 11) is 0. The molecule has 0 aromatic rings. The number of aliphatic hydroxyl groups is 2. The molecule has 1 saturated heterocycles. The number of nitrogens with zero attached hydrogens (tertiary/aromatic N) is 1. The topological polar surface area (TPSA) is 70.0 Å². The molecule has 1 aliphatic heterocycles. The summed E-state index contributed by atoms with van der Waals surface area (Å²) in [5.41, 5.74) is 0. The van der Waals surface area contributed by atoms with Gasteiger partial charge in [-0.1, -0.05) is 0 Å². The number of aliphatic hydroxyl groups excluding tert-OH is 2. The zero-order chi connectivity index (χ0) is 9.68. The summed E-state index contributed by atoms with van der Waals surface area (Å²) in [6.45, 7) is 0.819. The largest absolute Gasteiger partial charge is 0.447 e. The zero-order valence-corrected chi connectivity index (χ0v) is 7.48. The second-order valence-corrected chi connectivity index (χ2v) is 3.08. The first-order chi connectivity index (χ1) is 6.24. The molecule has 1 aliphatic rings. The third-order valence-electron chi connectivity index (χ3n) is 1.97. The quantitative estimate of drug-likeness (QED) is 0.618. The van der Waals surface area contributed by atoms with Crippen molar-refractivity contribution in [1.82, 2.24) is 4.90 Å². The van der Waals surface area contributed by atoms with Crippen LogP contribution in [0.25, 0.3) is 0 Å². The number of amides is 1. The summed E-state index contributed by atoms with van der Waals surface area (Å²) < 4.78 is 4.70. The van der Waals surface area contributed by atoms with Crippen LogP contribution in [0.3, 0.4) is 0 Å². The van der Waals surface area contributed by atoms with Crippen molar-refractivity contribution >= 4 is 6.09 Å². The molecule has 1 rings (SSSR count). The summed E-state index contributed by atoms with van der Waals surface area (Å²) in [5.74, 6) is 0. The summed E-state index contributed by atoms with van der Waals surface area (Å²) in [6.07, 6.45) is 0.655. The van der Waals surface area contributed by atoms with Crippen molar-refractivity contribution in [2.24, 2.45) is 0 Å². The Kier molecular flexibility index (Phi) is 3.98. The molecule has 0 aliphatic carbocycles. The Balaban J connectivity index is 2.28. The standard InChI is InChI=1S/C8H15NO4/c10-4-5-13-8(12)9-3-1-2-7(11)6-9/h7,10-11H,1-6H2. The number of rotatable bonds is 2. The van der Waals surface area contributed by atoms with Crippen molar-refractivity contribution < 1.29 is 19.7 Å². The number of ether oxygens (including phenoxy) is 1. The van der Waals surface area contributed by atoms with E-state index in [9.17, 15) is 9.90 Å². The van der Waals surface area contributed by atoms with Gasteiger partial charge in [0, 0.05) is 13.1 Å². The number of carbonyl (C=O) groups excluding carboxylic acids is 1. The van der Waals surface area contributed by atoms with Crippen LogP contribution in [0.1, 0.15) is 12.8 Å². The van der Waals surface area contributed by atoms with Crippen LogP contribution in [0.4, 0.5) is 4.79 Å². The van der Waals surface area contributed by atoms with Crippen LogP contribution in [0.5, 0.6) is 0 Å². The molecule has 0 aromatic heterocycles. The van der Waals surface area contributed by atoms with Gasteiger partial charge in [-0.3, -0.25) is 0 Å². The van der Waals surface area contributed by atoms with Crippen LogP contribution in [-0.4, -0.2) is 53.6 Å². The van der Waals surface area contributed by atoms with Crippen LogP contribution < -0.4 is 0 Å². The average Bonchev–Trinajstić information content (AvgIpc) is 2.14. The summed E-state index contributed by atoms with van der Waals surface area (Å²) in [5, 5.41) is 17.7. The Bertz CT molecular complexity index is 174. The number of carbonyl (C=O) groups is 1. The van der Waals surface area contributed by atoms with Gasteiger partial charge in [-0.05, 0) is 12.8 Å². The van der Waals surface area contributed by atoms with Gasteiger partial charge in [-0.15, -0.1) is 0 Å². The lowest BCUT2D eigenvalue weighted by atomic mass is 10.1. The third-order valence-corrected chi connectivity index (χ3v) is 1.97. The van der Waals surface area contributed by atoms with E-state index in [4.69, 9.17) is 9.84 Å². The van der Waals surface area contributed by atoms with E-state index in [0.717, 1.165) is 12.8 Å². The summed E-state index contributed by atoms with van der Waals surface area (Å²) in [6, 6.07) is 0. The predicted molar refractivity (Wildman–Crippen MR) is 45.2 cm³/mol. The van der Waals surface area contributed by atoms with E-state index >= 15 is 0 Å². The van der Waals surface area contributed by atoms with E-state index in [0.29, 0.717) is 13.1 Å².